The summed E-state index contributed by atoms with van der Waals surface area (Å²) in [5.74, 6) is -2.60. The number of aliphatic hydroxyl groups excluding tert-OH is 1. The number of carbonyl (C=O) groups excluding carboxylic acids is 2. The first kappa shape index (κ1) is 15.7. The molecule has 130 valence electrons. The number of aliphatic hydroxyl groups is 1. The van der Waals surface area contributed by atoms with Gasteiger partial charge in [0.05, 0.1) is 42.6 Å². The molecule has 3 aliphatic heterocycles. The van der Waals surface area contributed by atoms with E-state index in [-0.39, 0.29) is 11.4 Å². The van der Waals surface area contributed by atoms with Crippen LogP contribution in [0.5, 0.6) is 5.75 Å². The monoisotopic (exact) mass is 346 g/mol. The Morgan fingerprint density at radius 1 is 1.40 bits per heavy atom. The molecule has 1 N–H and O–H groups in total. The minimum absolute atomic E-state index is 0.109. The topological polar surface area (TPSA) is 119 Å². The number of nitro groups is 1. The number of ether oxygens (including phenoxy) is 2. The van der Waals surface area contributed by atoms with Crippen molar-refractivity contribution in [3.05, 3.63) is 40.5 Å². The maximum absolute atomic E-state index is 12.9. The Bertz CT molecular complexity index is 836. The Kier molecular flexibility index (Phi) is 3.21. The molecule has 2 fully saturated rings. The van der Waals surface area contributed by atoms with Crippen LogP contribution in [0.15, 0.2) is 30.4 Å². The second-order valence-electron chi connectivity index (χ2n) is 6.18. The maximum atomic E-state index is 12.9. The van der Waals surface area contributed by atoms with Crippen molar-refractivity contribution in [2.24, 2.45) is 11.8 Å². The summed E-state index contributed by atoms with van der Waals surface area (Å²) in [6, 6.07) is 3.92. The maximum Gasteiger partial charge on any atom is 0.297 e. The number of hydrogen-bond donors (Lipinski definition) is 1. The zero-order valence-electron chi connectivity index (χ0n) is 13.1. The van der Waals surface area contributed by atoms with Crippen LogP contribution < -0.4 is 9.64 Å². The van der Waals surface area contributed by atoms with E-state index in [2.05, 4.69) is 0 Å². The van der Waals surface area contributed by atoms with Crippen LogP contribution in [0, 0.1) is 22.0 Å². The zero-order valence-corrected chi connectivity index (χ0v) is 13.1. The number of nitrogens with zero attached hydrogens (tertiary/aromatic N) is 2. The van der Waals surface area contributed by atoms with E-state index in [4.69, 9.17) is 9.47 Å². The quantitative estimate of drug-likeness (QED) is 0.363. The smallest absolute Gasteiger partial charge is 0.297 e. The first-order chi connectivity index (χ1) is 11.9. The van der Waals surface area contributed by atoms with Gasteiger partial charge in [0.2, 0.25) is 11.8 Å². The highest BCUT2D eigenvalue weighted by Crippen LogP contribution is 2.53. The SMILES string of the molecule is COc1ccc(N2C(=O)C3C4C=CC(CO)(O4)C3C2=O)c([N+](=O)[O-])c1. The molecular weight excluding hydrogens is 332 g/mol. The number of amides is 2. The van der Waals surface area contributed by atoms with E-state index in [1.54, 1.807) is 12.2 Å². The second-order valence-corrected chi connectivity index (χ2v) is 6.18. The number of benzene rings is 1. The van der Waals surface area contributed by atoms with Gasteiger partial charge >= 0.3 is 0 Å². The normalized spacial score (nSPS) is 32.4. The number of carbonyl (C=O) groups is 2. The average molecular weight is 346 g/mol. The summed E-state index contributed by atoms with van der Waals surface area (Å²) in [7, 11) is 1.36. The summed E-state index contributed by atoms with van der Waals surface area (Å²) < 4.78 is 10.6. The number of rotatable bonds is 4. The minimum Gasteiger partial charge on any atom is -0.496 e. The van der Waals surface area contributed by atoms with Crippen molar-refractivity contribution in [2.45, 2.75) is 11.7 Å². The molecule has 4 atom stereocenters. The lowest BCUT2D eigenvalue weighted by Gasteiger charge is -2.26. The minimum atomic E-state index is -1.24. The van der Waals surface area contributed by atoms with Crippen LogP contribution in [0.2, 0.25) is 0 Å². The molecule has 9 heteroatoms. The van der Waals surface area contributed by atoms with Crippen molar-refractivity contribution in [3.8, 4) is 5.75 Å². The predicted molar refractivity (Wildman–Crippen MR) is 83.0 cm³/mol. The fraction of sp³-hybridized carbons (Fsp3) is 0.375. The van der Waals surface area contributed by atoms with Crippen molar-refractivity contribution in [1.29, 1.82) is 0 Å². The third kappa shape index (κ3) is 1.90. The summed E-state index contributed by atoms with van der Waals surface area (Å²) in [4.78, 5) is 37.3. The van der Waals surface area contributed by atoms with E-state index in [9.17, 15) is 24.8 Å². The van der Waals surface area contributed by atoms with Gasteiger partial charge in [0.25, 0.3) is 5.69 Å². The Morgan fingerprint density at radius 2 is 2.16 bits per heavy atom. The van der Waals surface area contributed by atoms with Crippen molar-refractivity contribution in [2.75, 3.05) is 18.6 Å². The van der Waals surface area contributed by atoms with Crippen LogP contribution in [0.4, 0.5) is 11.4 Å². The highest BCUT2D eigenvalue weighted by Gasteiger charge is 2.68. The lowest BCUT2D eigenvalue weighted by molar-refractivity contribution is -0.384. The van der Waals surface area contributed by atoms with Gasteiger partial charge < -0.3 is 14.6 Å². The number of nitro benzene ring substituents is 1. The summed E-state index contributed by atoms with van der Waals surface area (Å²) in [5.41, 5.74) is -1.75. The average Bonchev–Trinajstić information content (AvgIpc) is 3.25. The second kappa shape index (κ2) is 5.11. The van der Waals surface area contributed by atoms with Gasteiger partial charge in [-0.3, -0.25) is 19.7 Å². The molecule has 9 nitrogen and oxygen atoms in total. The number of imide groups is 1. The number of methoxy groups -OCH3 is 1. The van der Waals surface area contributed by atoms with Gasteiger partial charge in [0.1, 0.15) is 17.0 Å². The third-order valence-corrected chi connectivity index (χ3v) is 5.02. The van der Waals surface area contributed by atoms with Crippen molar-refractivity contribution >= 4 is 23.2 Å². The van der Waals surface area contributed by atoms with E-state index in [1.807, 2.05) is 0 Å². The van der Waals surface area contributed by atoms with Gasteiger partial charge in [-0.15, -0.1) is 0 Å². The Morgan fingerprint density at radius 3 is 2.80 bits per heavy atom. The molecule has 3 aliphatic rings. The van der Waals surface area contributed by atoms with Crippen LogP contribution in [0.1, 0.15) is 0 Å². The first-order valence-corrected chi connectivity index (χ1v) is 7.62. The van der Waals surface area contributed by atoms with E-state index < -0.39 is 52.6 Å². The van der Waals surface area contributed by atoms with Crippen molar-refractivity contribution in [3.63, 3.8) is 0 Å². The van der Waals surface area contributed by atoms with Gasteiger partial charge in [-0.1, -0.05) is 12.2 Å². The molecule has 4 unspecified atom stereocenters. The Labute approximate surface area is 141 Å². The summed E-state index contributed by atoms with van der Waals surface area (Å²) in [6.45, 7) is -0.446. The summed E-state index contributed by atoms with van der Waals surface area (Å²) in [6.07, 6.45) is 2.63. The summed E-state index contributed by atoms with van der Waals surface area (Å²) in [5, 5.41) is 21.1. The Hall–Kier alpha value is -2.78. The lowest BCUT2D eigenvalue weighted by Crippen LogP contribution is -2.43. The Balaban J connectivity index is 1.80. The third-order valence-electron chi connectivity index (χ3n) is 5.02. The van der Waals surface area contributed by atoms with E-state index >= 15 is 0 Å². The van der Waals surface area contributed by atoms with Gasteiger partial charge in [-0.2, -0.15) is 0 Å². The van der Waals surface area contributed by atoms with E-state index in [1.165, 1.54) is 19.2 Å². The molecule has 0 aliphatic carbocycles. The molecule has 2 bridgehead atoms. The molecule has 0 radical (unpaired) electrons. The molecule has 3 heterocycles. The number of fused-ring (bicyclic) bond motifs is 5. The van der Waals surface area contributed by atoms with Gasteiger partial charge in [0, 0.05) is 0 Å². The fourth-order valence-corrected chi connectivity index (χ4v) is 3.89. The van der Waals surface area contributed by atoms with Crippen LogP contribution in [-0.2, 0) is 14.3 Å². The van der Waals surface area contributed by atoms with Crippen LogP contribution in [0.25, 0.3) is 0 Å². The summed E-state index contributed by atoms with van der Waals surface area (Å²) >= 11 is 0. The van der Waals surface area contributed by atoms with Crippen LogP contribution in [0.3, 0.4) is 0 Å². The van der Waals surface area contributed by atoms with Gasteiger partial charge in [0.15, 0.2) is 0 Å². The fourth-order valence-electron chi connectivity index (χ4n) is 3.89. The molecule has 2 amide bonds. The molecule has 25 heavy (non-hydrogen) atoms. The molecule has 0 saturated carbocycles. The largest absolute Gasteiger partial charge is 0.496 e. The number of anilines is 1. The molecule has 0 spiro atoms. The number of hydrogen-bond acceptors (Lipinski definition) is 7. The van der Waals surface area contributed by atoms with Crippen molar-refractivity contribution < 1.29 is 29.1 Å². The predicted octanol–water partition coefficient (Wildman–Crippen LogP) is 0.409. The molecule has 1 aromatic carbocycles. The van der Waals surface area contributed by atoms with E-state index in [0.717, 1.165) is 11.0 Å². The highest BCUT2D eigenvalue weighted by atomic mass is 16.6. The first-order valence-electron chi connectivity index (χ1n) is 7.62. The molecule has 2 saturated heterocycles. The molecular formula is C16H14N2O7. The molecule has 4 rings (SSSR count). The van der Waals surface area contributed by atoms with Gasteiger partial charge in [-0.25, -0.2) is 4.90 Å². The molecule has 0 aromatic heterocycles. The van der Waals surface area contributed by atoms with Crippen molar-refractivity contribution in [1.82, 2.24) is 0 Å². The highest BCUT2D eigenvalue weighted by molar-refractivity contribution is 6.24. The lowest BCUT2D eigenvalue weighted by atomic mass is 9.77. The van der Waals surface area contributed by atoms with E-state index in [0.29, 0.717) is 0 Å². The molecule has 1 aromatic rings. The zero-order chi connectivity index (χ0) is 17.9. The van der Waals surface area contributed by atoms with Crippen LogP contribution >= 0.6 is 0 Å². The van der Waals surface area contributed by atoms with Crippen LogP contribution in [-0.4, -0.2) is 47.3 Å². The standard InChI is InChI=1S/C16H14N2O7/c1-24-8-2-3-9(10(6-8)18(22)23)17-14(20)12-11-4-5-16(7-19,25-11)13(12)15(17)21/h2-6,11-13,19H,7H2,1H3. The van der Waals surface area contributed by atoms with Gasteiger partial charge in [-0.05, 0) is 12.1 Å².